The number of halogens is 6. The third-order valence-electron chi connectivity index (χ3n) is 5.93. The van der Waals surface area contributed by atoms with Gasteiger partial charge in [0.25, 0.3) is 5.91 Å². The molecule has 0 radical (unpaired) electrons. The number of nitrogens with zero attached hydrogens (tertiary/aromatic N) is 1. The second-order valence-corrected chi connectivity index (χ2v) is 8.81. The van der Waals surface area contributed by atoms with Crippen LogP contribution in [0, 0.1) is 0 Å². The summed E-state index contributed by atoms with van der Waals surface area (Å²) in [5.74, 6) is -1.49. The van der Waals surface area contributed by atoms with Crippen LogP contribution in [0.4, 0.5) is 26.3 Å². The highest BCUT2D eigenvalue weighted by Crippen LogP contribution is 2.36. The van der Waals surface area contributed by atoms with Gasteiger partial charge in [-0.2, -0.15) is 26.3 Å². The number of benzene rings is 3. The summed E-state index contributed by atoms with van der Waals surface area (Å²) in [6, 6.07) is 13.0. The predicted octanol–water partition coefficient (Wildman–Crippen LogP) is 6.64. The number of nitrogens with one attached hydrogen (secondary N) is 1. The Kier molecular flexibility index (Phi) is 8.85. The summed E-state index contributed by atoms with van der Waals surface area (Å²) in [5, 5.41) is 4.52. The molecule has 0 saturated carbocycles. The lowest BCUT2D eigenvalue weighted by atomic mass is 9.99. The molecule has 0 heterocycles. The summed E-state index contributed by atoms with van der Waals surface area (Å²) < 4.78 is 80.0. The number of carbonyl (C=O) groups is 2. The van der Waals surface area contributed by atoms with Gasteiger partial charge in [0.2, 0.25) is 5.91 Å². The Morgan fingerprint density at radius 1 is 0.895 bits per heavy atom. The molecule has 0 spiro atoms. The van der Waals surface area contributed by atoms with Crippen LogP contribution in [0.1, 0.15) is 40.4 Å². The fourth-order valence-electron chi connectivity index (χ4n) is 3.88. The van der Waals surface area contributed by atoms with E-state index in [9.17, 15) is 35.9 Å². The SMILES string of the molecule is CCCNC(=O)C=CC(Cc1ccc2ccccc2c1)N(C)C(=O)c1cc(C(F)(F)F)cc(C(F)(F)F)c1. The Labute approximate surface area is 215 Å². The summed E-state index contributed by atoms with van der Waals surface area (Å²) in [7, 11) is 1.27. The highest BCUT2D eigenvalue weighted by atomic mass is 19.4. The number of alkyl halides is 6. The van der Waals surface area contributed by atoms with Gasteiger partial charge in [-0.15, -0.1) is 0 Å². The summed E-state index contributed by atoms with van der Waals surface area (Å²) >= 11 is 0. The van der Waals surface area contributed by atoms with Crippen molar-refractivity contribution in [3.63, 3.8) is 0 Å². The van der Waals surface area contributed by atoms with E-state index in [0.29, 0.717) is 25.1 Å². The first-order chi connectivity index (χ1) is 17.8. The van der Waals surface area contributed by atoms with Crippen LogP contribution in [-0.2, 0) is 23.6 Å². The summed E-state index contributed by atoms with van der Waals surface area (Å²) in [6.45, 7) is 2.28. The average Bonchev–Trinajstić information content (AvgIpc) is 2.87. The number of fused-ring (bicyclic) bond motifs is 1. The molecule has 2 amide bonds. The Bertz CT molecular complexity index is 1300. The van der Waals surface area contributed by atoms with Crippen molar-refractivity contribution in [2.75, 3.05) is 13.6 Å². The van der Waals surface area contributed by atoms with E-state index in [0.717, 1.165) is 21.2 Å². The molecule has 1 unspecified atom stereocenters. The minimum atomic E-state index is -5.09. The van der Waals surface area contributed by atoms with Crippen molar-refractivity contribution in [1.29, 1.82) is 0 Å². The van der Waals surface area contributed by atoms with E-state index in [1.807, 2.05) is 49.4 Å². The average molecular weight is 537 g/mol. The van der Waals surface area contributed by atoms with Crippen LogP contribution in [0.2, 0.25) is 0 Å². The predicted molar refractivity (Wildman–Crippen MR) is 132 cm³/mol. The normalized spacial score (nSPS) is 13.1. The number of hydrogen-bond donors (Lipinski definition) is 1. The number of carbonyl (C=O) groups excluding carboxylic acids is 2. The van der Waals surface area contributed by atoms with Gasteiger partial charge >= 0.3 is 12.4 Å². The molecule has 3 aromatic carbocycles. The maximum absolute atomic E-state index is 13.3. The lowest BCUT2D eigenvalue weighted by Crippen LogP contribution is -2.38. The third kappa shape index (κ3) is 7.36. The zero-order valence-corrected chi connectivity index (χ0v) is 20.7. The molecule has 1 N–H and O–H groups in total. The van der Waals surface area contributed by atoms with E-state index in [1.54, 1.807) is 0 Å². The van der Waals surface area contributed by atoms with Crippen molar-refractivity contribution in [3.8, 4) is 0 Å². The molecule has 0 bridgehead atoms. The molecule has 10 heteroatoms. The zero-order valence-electron chi connectivity index (χ0n) is 20.7. The van der Waals surface area contributed by atoms with Gasteiger partial charge in [0.1, 0.15) is 0 Å². The fraction of sp³-hybridized carbons (Fsp3) is 0.286. The van der Waals surface area contributed by atoms with Gasteiger partial charge in [-0.1, -0.05) is 55.5 Å². The molecule has 0 aliphatic heterocycles. The molecule has 0 saturated heterocycles. The van der Waals surface area contributed by atoms with E-state index in [-0.39, 0.29) is 12.5 Å². The fourth-order valence-corrected chi connectivity index (χ4v) is 3.88. The van der Waals surface area contributed by atoms with Crippen molar-refractivity contribution >= 4 is 22.6 Å². The van der Waals surface area contributed by atoms with E-state index in [2.05, 4.69) is 5.32 Å². The number of amides is 2. The first-order valence-electron chi connectivity index (χ1n) is 11.8. The van der Waals surface area contributed by atoms with Crippen molar-refractivity contribution < 1.29 is 35.9 Å². The van der Waals surface area contributed by atoms with Gasteiger partial charge in [0, 0.05) is 25.2 Å². The van der Waals surface area contributed by atoms with Crippen LogP contribution < -0.4 is 5.32 Å². The number of hydrogen-bond acceptors (Lipinski definition) is 2. The van der Waals surface area contributed by atoms with Crippen molar-refractivity contribution in [1.82, 2.24) is 10.2 Å². The number of rotatable bonds is 8. The highest BCUT2D eigenvalue weighted by Gasteiger charge is 2.38. The molecule has 0 aliphatic carbocycles. The summed E-state index contributed by atoms with van der Waals surface area (Å²) in [6.07, 6.45) is -6.70. The lowest BCUT2D eigenvalue weighted by molar-refractivity contribution is -0.143. The molecular formula is C28H26F6N2O2. The second kappa shape index (κ2) is 11.7. The topological polar surface area (TPSA) is 49.4 Å². The quantitative estimate of drug-likeness (QED) is 0.259. The minimum Gasteiger partial charge on any atom is -0.353 e. The molecule has 202 valence electrons. The van der Waals surface area contributed by atoms with E-state index < -0.39 is 46.9 Å². The molecule has 0 aliphatic rings. The van der Waals surface area contributed by atoms with Gasteiger partial charge in [-0.05, 0) is 47.4 Å². The van der Waals surface area contributed by atoms with Gasteiger partial charge in [0.15, 0.2) is 0 Å². The van der Waals surface area contributed by atoms with Crippen LogP contribution >= 0.6 is 0 Å². The maximum atomic E-state index is 13.3. The van der Waals surface area contributed by atoms with E-state index >= 15 is 0 Å². The first kappa shape index (κ1) is 28.7. The van der Waals surface area contributed by atoms with Crippen LogP contribution in [0.25, 0.3) is 10.8 Å². The molecule has 3 aromatic rings. The molecular weight excluding hydrogens is 510 g/mol. The van der Waals surface area contributed by atoms with Gasteiger partial charge < -0.3 is 10.2 Å². The molecule has 0 fully saturated rings. The third-order valence-corrected chi connectivity index (χ3v) is 5.93. The zero-order chi connectivity index (χ0) is 28.1. The largest absolute Gasteiger partial charge is 0.416 e. The minimum absolute atomic E-state index is 0.0265. The standard InChI is InChI=1S/C28H26F6N2O2/c1-3-12-35-25(37)11-10-24(14-18-8-9-19-6-4-5-7-20(19)13-18)36(2)26(38)21-15-22(27(29,30)31)17-23(16-21)28(32,33)34/h4-11,13,15-17,24H,3,12,14H2,1-2H3,(H,35,37). The smallest absolute Gasteiger partial charge is 0.353 e. The monoisotopic (exact) mass is 536 g/mol. The molecule has 38 heavy (non-hydrogen) atoms. The van der Waals surface area contributed by atoms with Crippen molar-refractivity contribution in [2.24, 2.45) is 0 Å². The van der Waals surface area contributed by atoms with Crippen LogP contribution in [0.15, 0.2) is 72.8 Å². The van der Waals surface area contributed by atoms with Crippen LogP contribution in [0.5, 0.6) is 0 Å². The van der Waals surface area contributed by atoms with Crippen molar-refractivity contribution in [3.05, 3.63) is 95.1 Å². The Morgan fingerprint density at radius 2 is 1.50 bits per heavy atom. The van der Waals surface area contributed by atoms with E-state index in [1.165, 1.54) is 19.2 Å². The Balaban J connectivity index is 1.99. The Hall–Kier alpha value is -3.82. The molecule has 4 nitrogen and oxygen atoms in total. The van der Waals surface area contributed by atoms with Gasteiger partial charge in [-0.3, -0.25) is 9.59 Å². The first-order valence-corrected chi connectivity index (χ1v) is 11.8. The van der Waals surface area contributed by atoms with Gasteiger partial charge in [-0.25, -0.2) is 0 Å². The molecule has 0 aromatic heterocycles. The van der Waals surface area contributed by atoms with E-state index in [4.69, 9.17) is 0 Å². The van der Waals surface area contributed by atoms with Crippen LogP contribution in [-0.4, -0.2) is 36.3 Å². The summed E-state index contributed by atoms with van der Waals surface area (Å²) in [4.78, 5) is 26.4. The molecule has 3 rings (SSSR count). The van der Waals surface area contributed by atoms with Gasteiger partial charge in [0.05, 0.1) is 17.2 Å². The summed E-state index contributed by atoms with van der Waals surface area (Å²) in [5.41, 5.74) is -3.16. The van der Waals surface area contributed by atoms with Crippen molar-refractivity contribution in [2.45, 2.75) is 38.2 Å². The lowest BCUT2D eigenvalue weighted by Gasteiger charge is -2.27. The second-order valence-electron chi connectivity index (χ2n) is 8.81. The maximum Gasteiger partial charge on any atom is 0.416 e. The highest BCUT2D eigenvalue weighted by molar-refractivity contribution is 5.95. The Morgan fingerprint density at radius 3 is 2.08 bits per heavy atom. The number of likely N-dealkylation sites (N-methyl/N-ethyl adjacent to an activating group) is 1. The van der Waals surface area contributed by atoms with Crippen LogP contribution in [0.3, 0.4) is 0 Å². The molecule has 1 atom stereocenters.